The molecule has 8 heteroatoms. The second-order valence-corrected chi connectivity index (χ2v) is 5.89. The molecule has 0 radical (unpaired) electrons. The van der Waals surface area contributed by atoms with E-state index in [1.807, 2.05) is 0 Å². The number of hydrogen-bond donors (Lipinski definition) is 4. The van der Waals surface area contributed by atoms with Gasteiger partial charge >= 0.3 is 0 Å². The van der Waals surface area contributed by atoms with Crippen LogP contribution in [0.1, 0.15) is 44.9 Å². The third-order valence-corrected chi connectivity index (χ3v) is 3.65. The van der Waals surface area contributed by atoms with Crippen LogP contribution in [0.15, 0.2) is 12.2 Å². The van der Waals surface area contributed by atoms with Gasteiger partial charge in [0, 0.05) is 13.0 Å². The Morgan fingerprint density at radius 1 is 0.560 bits per heavy atom. The minimum absolute atomic E-state index is 0.120. The average Bonchev–Trinajstić information content (AvgIpc) is 2.60. The van der Waals surface area contributed by atoms with E-state index >= 15 is 0 Å². The van der Waals surface area contributed by atoms with Gasteiger partial charge in [-0.15, -0.1) is 0 Å². The highest BCUT2D eigenvalue weighted by Gasteiger charge is 2.09. The number of rotatable bonds is 0. The highest BCUT2D eigenvalue weighted by atomic mass is 16.2. The summed E-state index contributed by atoms with van der Waals surface area (Å²) in [6.07, 6.45) is 10.1. The fraction of sp³-hybridized carbons (Fsp3) is 0.647. The van der Waals surface area contributed by atoms with Gasteiger partial charge in [-0.1, -0.05) is 12.2 Å². The summed E-state index contributed by atoms with van der Waals surface area (Å²) in [5.41, 5.74) is 0. The zero-order valence-electron chi connectivity index (χ0n) is 14.6. The summed E-state index contributed by atoms with van der Waals surface area (Å²) in [6, 6.07) is 0. The zero-order chi connectivity index (χ0) is 18.3. The fourth-order valence-corrected chi connectivity index (χ4v) is 2.21. The number of amides is 4. The molecule has 0 bridgehead atoms. The van der Waals surface area contributed by atoms with E-state index in [1.165, 1.54) is 0 Å². The number of hydrogen-bond acceptors (Lipinski definition) is 4. The average molecular weight is 352 g/mol. The van der Waals surface area contributed by atoms with Crippen LogP contribution in [0.25, 0.3) is 0 Å². The van der Waals surface area contributed by atoms with Crippen molar-refractivity contribution < 1.29 is 19.2 Å². The summed E-state index contributed by atoms with van der Waals surface area (Å²) in [4.78, 5) is 46.3. The molecule has 0 fully saturated rings. The molecule has 8 nitrogen and oxygen atoms in total. The van der Waals surface area contributed by atoms with Crippen LogP contribution in [0.2, 0.25) is 0 Å². The first-order valence-electron chi connectivity index (χ1n) is 8.79. The third-order valence-electron chi connectivity index (χ3n) is 3.65. The monoisotopic (exact) mass is 352 g/mol. The fourth-order valence-electron chi connectivity index (χ4n) is 2.21. The van der Waals surface area contributed by atoms with Gasteiger partial charge < -0.3 is 21.3 Å². The molecule has 0 aromatic heterocycles. The van der Waals surface area contributed by atoms with Crippen molar-refractivity contribution >= 4 is 23.6 Å². The topological polar surface area (TPSA) is 116 Å². The number of nitrogens with one attached hydrogen (secondary N) is 4. The van der Waals surface area contributed by atoms with E-state index in [0.717, 1.165) is 38.5 Å². The summed E-state index contributed by atoms with van der Waals surface area (Å²) in [6.45, 7) is 0.0680. The number of carbonyl (C=O) groups is 4. The molecule has 0 aromatic carbocycles. The van der Waals surface area contributed by atoms with Crippen LogP contribution in [0.3, 0.4) is 0 Å². The van der Waals surface area contributed by atoms with Crippen molar-refractivity contribution in [2.24, 2.45) is 0 Å². The molecule has 140 valence electrons. The van der Waals surface area contributed by atoms with E-state index in [2.05, 4.69) is 33.4 Å². The maximum Gasteiger partial charge on any atom is 0.239 e. The predicted molar refractivity (Wildman–Crippen MR) is 93.5 cm³/mol. The Balaban J connectivity index is 2.40. The summed E-state index contributed by atoms with van der Waals surface area (Å²) < 4.78 is 0. The summed E-state index contributed by atoms with van der Waals surface area (Å²) in [5.74, 6) is -1.33. The first kappa shape index (κ1) is 20.7. The number of allylic oxidation sites excluding steroid dienone is 2. The van der Waals surface area contributed by atoms with Gasteiger partial charge in [-0.05, 0) is 38.5 Å². The SMILES string of the molecule is O=C1CCCC/C=C\CCCCNC(=O)CNC(=O)CNC(=O)CN1. The van der Waals surface area contributed by atoms with Gasteiger partial charge in [0.25, 0.3) is 0 Å². The second-order valence-electron chi connectivity index (χ2n) is 5.89. The Morgan fingerprint density at radius 3 is 1.64 bits per heavy atom. The van der Waals surface area contributed by atoms with E-state index in [0.29, 0.717) is 13.0 Å². The predicted octanol–water partition coefficient (Wildman–Crippen LogP) is -0.248. The molecule has 1 aliphatic heterocycles. The lowest BCUT2D eigenvalue weighted by atomic mass is 10.1. The van der Waals surface area contributed by atoms with Crippen LogP contribution in [-0.4, -0.2) is 49.8 Å². The molecule has 1 rings (SSSR count). The molecule has 0 aromatic rings. The Kier molecular flexibility index (Phi) is 10.7. The van der Waals surface area contributed by atoms with Crippen molar-refractivity contribution in [3.05, 3.63) is 12.2 Å². The van der Waals surface area contributed by atoms with Crippen molar-refractivity contribution in [1.29, 1.82) is 0 Å². The molecule has 4 amide bonds. The molecule has 1 heterocycles. The molecule has 0 unspecified atom stereocenters. The molecule has 0 saturated carbocycles. The normalized spacial score (nSPS) is 21.8. The van der Waals surface area contributed by atoms with Gasteiger partial charge in [-0.2, -0.15) is 0 Å². The molecular formula is C17H28N4O4. The first-order chi connectivity index (χ1) is 12.1. The van der Waals surface area contributed by atoms with Crippen molar-refractivity contribution in [2.45, 2.75) is 44.9 Å². The molecule has 1 aliphatic rings. The summed E-state index contributed by atoms with van der Waals surface area (Å²) in [7, 11) is 0. The van der Waals surface area contributed by atoms with Gasteiger partial charge in [-0.3, -0.25) is 19.2 Å². The van der Waals surface area contributed by atoms with Crippen molar-refractivity contribution in [3.8, 4) is 0 Å². The van der Waals surface area contributed by atoms with Gasteiger partial charge in [0.05, 0.1) is 19.6 Å². The van der Waals surface area contributed by atoms with Crippen LogP contribution < -0.4 is 21.3 Å². The Hall–Kier alpha value is -2.38. The Bertz CT molecular complexity index is 491. The standard InChI is InChI=1S/C17H28N4O4/c22-14-9-7-5-3-1-2-4-6-8-10-18-15(23)11-20-17(25)13-21-16(24)12-19-14/h1-2H,3-13H2,(H,18,23)(H,19,22)(H,20,25)(H,21,24)/b2-1-. The van der Waals surface area contributed by atoms with Crippen LogP contribution in [0.5, 0.6) is 0 Å². The molecular weight excluding hydrogens is 324 g/mol. The lowest BCUT2D eigenvalue weighted by Gasteiger charge is -2.08. The molecule has 0 atom stereocenters. The van der Waals surface area contributed by atoms with E-state index in [1.54, 1.807) is 0 Å². The number of carbonyl (C=O) groups excluding carboxylic acids is 4. The van der Waals surface area contributed by atoms with Crippen LogP contribution >= 0.6 is 0 Å². The summed E-state index contributed by atoms with van der Waals surface area (Å²) >= 11 is 0. The Labute approximate surface area is 148 Å². The molecule has 0 spiro atoms. The largest absolute Gasteiger partial charge is 0.355 e. The second kappa shape index (κ2) is 13.0. The lowest BCUT2D eigenvalue weighted by Crippen LogP contribution is -2.44. The molecule has 25 heavy (non-hydrogen) atoms. The van der Waals surface area contributed by atoms with Crippen LogP contribution in [0.4, 0.5) is 0 Å². The minimum Gasteiger partial charge on any atom is -0.355 e. The maximum atomic E-state index is 11.6. The maximum absolute atomic E-state index is 11.6. The lowest BCUT2D eigenvalue weighted by molar-refractivity contribution is -0.128. The minimum atomic E-state index is -0.453. The van der Waals surface area contributed by atoms with E-state index in [-0.39, 0.29) is 31.4 Å². The van der Waals surface area contributed by atoms with Crippen molar-refractivity contribution in [3.63, 3.8) is 0 Å². The smallest absolute Gasteiger partial charge is 0.239 e. The Morgan fingerprint density at radius 2 is 1.04 bits per heavy atom. The van der Waals surface area contributed by atoms with Crippen molar-refractivity contribution in [1.82, 2.24) is 21.3 Å². The van der Waals surface area contributed by atoms with Gasteiger partial charge in [0.15, 0.2) is 0 Å². The molecule has 4 N–H and O–H groups in total. The van der Waals surface area contributed by atoms with Crippen LogP contribution in [0, 0.1) is 0 Å². The third kappa shape index (κ3) is 11.7. The van der Waals surface area contributed by atoms with E-state index < -0.39 is 11.8 Å². The zero-order valence-corrected chi connectivity index (χ0v) is 14.6. The van der Waals surface area contributed by atoms with Crippen LogP contribution in [-0.2, 0) is 19.2 Å². The van der Waals surface area contributed by atoms with E-state index in [4.69, 9.17) is 0 Å². The van der Waals surface area contributed by atoms with E-state index in [9.17, 15) is 19.2 Å². The highest BCUT2D eigenvalue weighted by molar-refractivity contribution is 5.89. The quantitative estimate of drug-likeness (QED) is 0.450. The summed E-state index contributed by atoms with van der Waals surface area (Å²) in [5, 5.41) is 10.1. The first-order valence-corrected chi connectivity index (χ1v) is 8.79. The van der Waals surface area contributed by atoms with Gasteiger partial charge in [-0.25, -0.2) is 0 Å². The van der Waals surface area contributed by atoms with Gasteiger partial charge in [0.1, 0.15) is 0 Å². The van der Waals surface area contributed by atoms with Gasteiger partial charge in [0.2, 0.25) is 23.6 Å². The highest BCUT2D eigenvalue weighted by Crippen LogP contribution is 2.03. The molecule has 0 saturated heterocycles. The van der Waals surface area contributed by atoms with Crippen molar-refractivity contribution in [2.75, 3.05) is 26.2 Å². The molecule has 0 aliphatic carbocycles.